The van der Waals surface area contributed by atoms with Crippen molar-refractivity contribution in [3.63, 3.8) is 0 Å². The molecule has 0 spiro atoms. The summed E-state index contributed by atoms with van der Waals surface area (Å²) in [5, 5.41) is 14.5. The Bertz CT molecular complexity index is 425. The number of nitrogens with one attached hydrogen (secondary N) is 1. The second-order valence-corrected chi connectivity index (χ2v) is 4.67. The van der Waals surface area contributed by atoms with Gasteiger partial charge in [0.05, 0.1) is 4.92 Å². The summed E-state index contributed by atoms with van der Waals surface area (Å²) in [6.07, 6.45) is 1.58. The van der Waals surface area contributed by atoms with E-state index in [1.165, 1.54) is 6.07 Å². The molecule has 6 heteroatoms. The molecule has 0 unspecified atom stereocenters. The molecule has 0 saturated carbocycles. The fraction of sp³-hybridized carbons (Fsp3) is 0.500. The minimum atomic E-state index is -0.444. The summed E-state index contributed by atoms with van der Waals surface area (Å²) in [7, 11) is 0. The van der Waals surface area contributed by atoms with Gasteiger partial charge in [0.15, 0.2) is 0 Å². The molecule has 0 bridgehead atoms. The summed E-state index contributed by atoms with van der Waals surface area (Å²) in [6, 6.07) is 4.59. The van der Waals surface area contributed by atoms with E-state index < -0.39 is 4.92 Å². The Balaban J connectivity index is 3.13. The number of hydrogen-bond donors (Lipinski definition) is 2. The first-order chi connectivity index (χ1) is 8.48. The van der Waals surface area contributed by atoms with Crippen LogP contribution >= 0.6 is 11.6 Å². The molecule has 18 heavy (non-hydrogen) atoms. The highest BCUT2D eigenvalue weighted by Gasteiger charge is 2.27. The van der Waals surface area contributed by atoms with Gasteiger partial charge in [0.1, 0.15) is 5.69 Å². The minimum absolute atomic E-state index is 0.0257. The van der Waals surface area contributed by atoms with Gasteiger partial charge in [-0.3, -0.25) is 10.1 Å². The molecule has 1 aromatic carbocycles. The van der Waals surface area contributed by atoms with Crippen LogP contribution in [0.3, 0.4) is 0 Å². The number of nitrogens with zero attached hydrogens (tertiary/aromatic N) is 1. The maximum absolute atomic E-state index is 11.0. The average molecular weight is 272 g/mol. The predicted molar refractivity (Wildman–Crippen MR) is 74.1 cm³/mol. The van der Waals surface area contributed by atoms with Crippen LogP contribution in [0.5, 0.6) is 0 Å². The van der Waals surface area contributed by atoms with Crippen LogP contribution in [0.2, 0.25) is 5.02 Å². The zero-order valence-electron chi connectivity index (χ0n) is 10.6. The van der Waals surface area contributed by atoms with E-state index in [2.05, 4.69) is 5.32 Å². The second-order valence-electron chi connectivity index (χ2n) is 4.24. The Kier molecular flexibility index (Phi) is 4.93. The number of nitro benzene ring substituents is 1. The molecular weight excluding hydrogens is 254 g/mol. The summed E-state index contributed by atoms with van der Waals surface area (Å²) < 4.78 is 0. The molecule has 0 atom stereocenters. The van der Waals surface area contributed by atoms with E-state index in [4.69, 9.17) is 17.3 Å². The number of benzene rings is 1. The maximum Gasteiger partial charge on any atom is 0.293 e. The SMILES string of the molecule is CCC(CC)(CN)Nc1ccc(Cl)cc1[N+](=O)[O-]. The van der Waals surface area contributed by atoms with Crippen molar-refractivity contribution in [3.8, 4) is 0 Å². The first-order valence-electron chi connectivity index (χ1n) is 5.90. The third kappa shape index (κ3) is 3.11. The van der Waals surface area contributed by atoms with Crippen LogP contribution in [0.1, 0.15) is 26.7 Å². The molecule has 0 saturated heterocycles. The van der Waals surface area contributed by atoms with E-state index in [1.54, 1.807) is 12.1 Å². The predicted octanol–water partition coefficient (Wildman–Crippen LogP) is 3.18. The van der Waals surface area contributed by atoms with E-state index in [0.717, 1.165) is 12.8 Å². The van der Waals surface area contributed by atoms with Crippen LogP contribution in [0.15, 0.2) is 18.2 Å². The summed E-state index contributed by atoms with van der Waals surface area (Å²) >= 11 is 5.78. The molecule has 1 rings (SSSR count). The van der Waals surface area contributed by atoms with Crippen molar-refractivity contribution in [2.75, 3.05) is 11.9 Å². The molecule has 1 aromatic rings. The van der Waals surface area contributed by atoms with Crippen molar-refractivity contribution in [2.24, 2.45) is 5.73 Å². The Labute approximate surface area is 111 Å². The quantitative estimate of drug-likeness (QED) is 0.615. The second kappa shape index (κ2) is 6.02. The van der Waals surface area contributed by atoms with Crippen LogP contribution in [0.25, 0.3) is 0 Å². The fourth-order valence-electron chi connectivity index (χ4n) is 1.81. The number of nitrogens with two attached hydrogens (primary N) is 1. The van der Waals surface area contributed by atoms with Crippen molar-refractivity contribution < 1.29 is 4.92 Å². The van der Waals surface area contributed by atoms with Gasteiger partial charge < -0.3 is 11.1 Å². The summed E-state index contributed by atoms with van der Waals surface area (Å²) in [5.74, 6) is 0. The van der Waals surface area contributed by atoms with E-state index in [9.17, 15) is 10.1 Å². The van der Waals surface area contributed by atoms with Crippen LogP contribution in [-0.4, -0.2) is 17.0 Å². The number of nitro groups is 1. The molecule has 0 aromatic heterocycles. The van der Waals surface area contributed by atoms with Gasteiger partial charge in [0, 0.05) is 23.2 Å². The Hall–Kier alpha value is -1.33. The molecule has 100 valence electrons. The van der Waals surface area contributed by atoms with E-state index in [-0.39, 0.29) is 11.2 Å². The van der Waals surface area contributed by atoms with Gasteiger partial charge in [-0.15, -0.1) is 0 Å². The van der Waals surface area contributed by atoms with Crippen LogP contribution in [0.4, 0.5) is 11.4 Å². The monoisotopic (exact) mass is 271 g/mol. The highest BCUT2D eigenvalue weighted by Crippen LogP contribution is 2.31. The molecular formula is C12H18ClN3O2. The number of anilines is 1. The van der Waals surface area contributed by atoms with Gasteiger partial charge in [-0.05, 0) is 25.0 Å². The van der Waals surface area contributed by atoms with Gasteiger partial charge in [0.2, 0.25) is 0 Å². The lowest BCUT2D eigenvalue weighted by atomic mass is 9.92. The van der Waals surface area contributed by atoms with E-state index >= 15 is 0 Å². The molecule has 0 aliphatic heterocycles. The largest absolute Gasteiger partial charge is 0.373 e. The normalized spacial score (nSPS) is 11.3. The van der Waals surface area contributed by atoms with E-state index in [0.29, 0.717) is 17.3 Å². The van der Waals surface area contributed by atoms with E-state index in [1.807, 2.05) is 13.8 Å². The zero-order chi connectivity index (χ0) is 13.8. The lowest BCUT2D eigenvalue weighted by Gasteiger charge is -2.32. The van der Waals surface area contributed by atoms with Gasteiger partial charge >= 0.3 is 0 Å². The molecule has 3 N–H and O–H groups in total. The maximum atomic E-state index is 11.0. The third-order valence-electron chi connectivity index (χ3n) is 3.30. The van der Waals surface area contributed by atoms with Crippen LogP contribution < -0.4 is 11.1 Å². The highest BCUT2D eigenvalue weighted by atomic mass is 35.5. The Morgan fingerprint density at radius 3 is 2.50 bits per heavy atom. The highest BCUT2D eigenvalue weighted by molar-refractivity contribution is 6.30. The lowest BCUT2D eigenvalue weighted by Crippen LogP contribution is -2.44. The number of hydrogen-bond acceptors (Lipinski definition) is 4. The molecule has 0 amide bonds. The molecule has 5 nitrogen and oxygen atoms in total. The molecule has 0 aliphatic carbocycles. The Morgan fingerprint density at radius 2 is 2.06 bits per heavy atom. The van der Waals surface area contributed by atoms with Crippen molar-refractivity contribution in [3.05, 3.63) is 33.3 Å². The van der Waals surface area contributed by atoms with Crippen molar-refractivity contribution in [2.45, 2.75) is 32.2 Å². The standard InChI is InChI=1S/C12H18ClN3O2/c1-3-12(4-2,8-14)15-10-6-5-9(13)7-11(10)16(17)18/h5-7,15H,3-4,8,14H2,1-2H3. The lowest BCUT2D eigenvalue weighted by molar-refractivity contribution is -0.384. The summed E-state index contributed by atoms with van der Waals surface area (Å²) in [4.78, 5) is 10.6. The fourth-order valence-corrected chi connectivity index (χ4v) is 1.98. The average Bonchev–Trinajstić information content (AvgIpc) is 2.37. The Morgan fingerprint density at radius 1 is 1.44 bits per heavy atom. The van der Waals surface area contributed by atoms with Crippen molar-refractivity contribution in [1.82, 2.24) is 0 Å². The minimum Gasteiger partial charge on any atom is -0.373 e. The molecule has 0 radical (unpaired) electrons. The van der Waals surface area contributed by atoms with Gasteiger partial charge in [-0.1, -0.05) is 25.4 Å². The summed E-state index contributed by atoms with van der Waals surface area (Å²) in [6.45, 7) is 4.43. The molecule has 0 heterocycles. The van der Waals surface area contributed by atoms with Crippen molar-refractivity contribution in [1.29, 1.82) is 0 Å². The first kappa shape index (κ1) is 14.7. The van der Waals surface area contributed by atoms with Gasteiger partial charge in [-0.2, -0.15) is 0 Å². The zero-order valence-corrected chi connectivity index (χ0v) is 11.3. The van der Waals surface area contributed by atoms with Crippen molar-refractivity contribution >= 4 is 23.0 Å². The van der Waals surface area contributed by atoms with Crippen LogP contribution in [-0.2, 0) is 0 Å². The third-order valence-corrected chi connectivity index (χ3v) is 3.54. The molecule has 0 aliphatic rings. The smallest absolute Gasteiger partial charge is 0.293 e. The van der Waals surface area contributed by atoms with Gasteiger partial charge in [0.25, 0.3) is 5.69 Å². The van der Waals surface area contributed by atoms with Crippen LogP contribution in [0, 0.1) is 10.1 Å². The molecule has 0 fully saturated rings. The number of rotatable bonds is 6. The summed E-state index contributed by atoms with van der Waals surface area (Å²) in [5.41, 5.74) is 5.88. The topological polar surface area (TPSA) is 81.2 Å². The van der Waals surface area contributed by atoms with Gasteiger partial charge in [-0.25, -0.2) is 0 Å². The first-order valence-corrected chi connectivity index (χ1v) is 6.28. The number of halogens is 1.